The van der Waals surface area contributed by atoms with Crippen molar-refractivity contribution in [3.63, 3.8) is 0 Å². The van der Waals surface area contributed by atoms with Gasteiger partial charge in [0.25, 0.3) is 0 Å². The van der Waals surface area contributed by atoms with E-state index in [1.807, 2.05) is 18.2 Å². The fourth-order valence-corrected chi connectivity index (χ4v) is 12.3. The van der Waals surface area contributed by atoms with Crippen molar-refractivity contribution in [2.75, 3.05) is 26.3 Å². The maximum atomic E-state index is 12.4. The second-order valence-corrected chi connectivity index (χ2v) is 19.6. The van der Waals surface area contributed by atoms with Gasteiger partial charge in [0.05, 0.1) is 19.3 Å². The van der Waals surface area contributed by atoms with Crippen LogP contribution in [0, 0.1) is 46.3 Å². The van der Waals surface area contributed by atoms with E-state index in [1.165, 1.54) is 32.1 Å². The van der Waals surface area contributed by atoms with Crippen LogP contribution in [0.25, 0.3) is 0 Å². The molecule has 0 saturated heterocycles. The Morgan fingerprint density at radius 2 is 1.31 bits per heavy atom. The maximum absolute atomic E-state index is 12.4. The van der Waals surface area contributed by atoms with Gasteiger partial charge >= 0.3 is 0 Å². The zero-order chi connectivity index (χ0) is 41.5. The van der Waals surface area contributed by atoms with Gasteiger partial charge in [-0.2, -0.15) is 0 Å². The number of benzene rings is 1. The minimum absolute atomic E-state index is 0.0927. The van der Waals surface area contributed by atoms with Gasteiger partial charge in [-0.25, -0.2) is 0 Å². The van der Waals surface area contributed by atoms with Crippen LogP contribution in [0.5, 0.6) is 11.5 Å². The van der Waals surface area contributed by atoms with Crippen molar-refractivity contribution in [2.24, 2.45) is 46.3 Å². The topological polar surface area (TPSA) is 114 Å². The van der Waals surface area contributed by atoms with Crippen LogP contribution in [0.2, 0.25) is 0 Å². The number of carbonyl (C=O) groups is 3. The molecule has 4 fully saturated rings. The van der Waals surface area contributed by atoms with Crippen LogP contribution in [0.1, 0.15) is 194 Å². The van der Waals surface area contributed by atoms with Crippen molar-refractivity contribution < 1.29 is 29.0 Å². The van der Waals surface area contributed by atoms with Crippen LogP contribution in [-0.4, -0.2) is 49.0 Å². The van der Waals surface area contributed by atoms with Crippen molar-refractivity contribution in [1.29, 1.82) is 0 Å². The Labute approximate surface area is 352 Å². The number of carbonyl (C=O) groups excluding carboxylic acids is 3. The summed E-state index contributed by atoms with van der Waals surface area (Å²) in [5.41, 5.74) is 1.38. The summed E-state index contributed by atoms with van der Waals surface area (Å²) >= 11 is 0. The minimum atomic E-state index is -0.631. The molecule has 0 radical (unpaired) electrons. The lowest BCUT2D eigenvalue weighted by molar-refractivity contribution is -0.141. The summed E-state index contributed by atoms with van der Waals surface area (Å²) in [7, 11) is 0. The lowest BCUT2D eigenvalue weighted by Crippen LogP contribution is -2.54. The standard InChI is InChI=1S/C50H82N2O6/c1-6-8-14-28-51-46(54)18-12-10-16-30-57-40-32-37(33-41(35-40)58-31-17-11-13-19-47(55)52-29-15-9-7-2)48(56)36(3)43-22-23-44-42-21-20-38-34-39(53)24-26-49(38,4)45(42)25-27-50(43,44)5/h32-33,35-36,38,42-45,48,56H,6-31,34H2,1-5H3,(H,51,54)(H,52,55)/t36?,38?,42-,43?,44-,45+,48?,49-,50+/m0/s1. The number of ketones is 1. The SMILES string of the molecule is CCCCCNC(=O)CCCCCOc1cc(OCCCCCC(=O)NCCCCC)cc(C(O)C(C)C2CC[C@H]3[C@@H]4CCC5CC(=O)CC[C@]5(C)[C@@H]4CC[C@]23C)c1. The molecule has 5 rings (SSSR count). The fourth-order valence-electron chi connectivity index (χ4n) is 12.3. The highest BCUT2D eigenvalue weighted by Gasteiger charge is 2.61. The average Bonchev–Trinajstić information content (AvgIpc) is 3.57. The molecule has 328 valence electrons. The van der Waals surface area contributed by atoms with E-state index < -0.39 is 6.10 Å². The van der Waals surface area contributed by atoms with Gasteiger partial charge < -0.3 is 25.2 Å². The molecule has 1 aromatic carbocycles. The molecule has 0 bridgehead atoms. The molecule has 8 heteroatoms. The number of hydrogen-bond donors (Lipinski definition) is 3. The first-order valence-corrected chi connectivity index (χ1v) is 24.1. The molecule has 1 aromatic rings. The number of ether oxygens (including phenoxy) is 2. The highest BCUT2D eigenvalue weighted by atomic mass is 16.5. The Balaban J connectivity index is 1.17. The summed E-state index contributed by atoms with van der Waals surface area (Å²) in [4.78, 5) is 36.8. The molecule has 4 aliphatic carbocycles. The van der Waals surface area contributed by atoms with Crippen molar-refractivity contribution in [3.8, 4) is 11.5 Å². The van der Waals surface area contributed by atoms with Gasteiger partial charge in [-0.1, -0.05) is 60.3 Å². The van der Waals surface area contributed by atoms with E-state index in [0.29, 0.717) is 55.0 Å². The van der Waals surface area contributed by atoms with Gasteiger partial charge in [-0.3, -0.25) is 14.4 Å². The zero-order valence-electron chi connectivity index (χ0n) is 37.4. The molecule has 2 amide bonds. The lowest BCUT2D eigenvalue weighted by Gasteiger charge is -2.60. The van der Waals surface area contributed by atoms with E-state index >= 15 is 0 Å². The smallest absolute Gasteiger partial charge is 0.219 e. The van der Waals surface area contributed by atoms with Gasteiger partial charge in [0, 0.05) is 44.8 Å². The minimum Gasteiger partial charge on any atom is -0.493 e. The molecule has 4 unspecified atom stereocenters. The number of rotatable bonds is 25. The third-order valence-electron chi connectivity index (χ3n) is 15.8. The second-order valence-electron chi connectivity index (χ2n) is 19.6. The Bertz CT molecular complexity index is 1390. The van der Waals surface area contributed by atoms with Crippen LogP contribution in [0.4, 0.5) is 0 Å². The predicted octanol–water partition coefficient (Wildman–Crippen LogP) is 11.1. The number of fused-ring (bicyclic) bond motifs is 5. The zero-order valence-corrected chi connectivity index (χ0v) is 37.4. The summed E-state index contributed by atoms with van der Waals surface area (Å²) in [6.45, 7) is 14.3. The van der Waals surface area contributed by atoms with E-state index in [0.717, 1.165) is 145 Å². The first-order valence-electron chi connectivity index (χ1n) is 24.1. The first kappa shape index (κ1) is 46.5. The normalized spacial score (nSPS) is 28.8. The molecule has 9 atom stereocenters. The van der Waals surface area contributed by atoms with Crippen molar-refractivity contribution in [2.45, 2.75) is 188 Å². The molecule has 0 aromatic heterocycles. The molecular formula is C50H82N2O6. The predicted molar refractivity (Wildman–Crippen MR) is 234 cm³/mol. The molecule has 8 nitrogen and oxygen atoms in total. The molecule has 4 aliphatic rings. The van der Waals surface area contributed by atoms with E-state index in [4.69, 9.17) is 9.47 Å². The molecule has 0 spiro atoms. The highest BCUT2D eigenvalue weighted by Crippen LogP contribution is 2.68. The van der Waals surface area contributed by atoms with Crippen molar-refractivity contribution >= 4 is 17.6 Å². The molecule has 58 heavy (non-hydrogen) atoms. The average molecular weight is 807 g/mol. The highest BCUT2D eigenvalue weighted by molar-refractivity contribution is 5.79. The number of hydrogen-bond acceptors (Lipinski definition) is 6. The summed E-state index contributed by atoms with van der Waals surface area (Å²) in [5, 5.41) is 18.3. The second kappa shape index (κ2) is 22.8. The Morgan fingerprint density at radius 3 is 1.90 bits per heavy atom. The van der Waals surface area contributed by atoms with Gasteiger partial charge in [0.1, 0.15) is 17.3 Å². The summed E-state index contributed by atoms with van der Waals surface area (Å²) < 4.78 is 12.7. The van der Waals surface area contributed by atoms with Gasteiger partial charge in [-0.15, -0.1) is 0 Å². The molecule has 0 heterocycles. The maximum Gasteiger partial charge on any atom is 0.219 e. The van der Waals surface area contributed by atoms with Crippen LogP contribution >= 0.6 is 0 Å². The van der Waals surface area contributed by atoms with Gasteiger partial charge in [0.2, 0.25) is 11.8 Å². The molecule has 4 saturated carbocycles. The monoisotopic (exact) mass is 807 g/mol. The number of aliphatic hydroxyl groups is 1. The first-order chi connectivity index (χ1) is 28.0. The van der Waals surface area contributed by atoms with E-state index in [1.54, 1.807) is 0 Å². The number of nitrogens with one attached hydrogen (secondary N) is 2. The van der Waals surface area contributed by atoms with Crippen molar-refractivity contribution in [3.05, 3.63) is 23.8 Å². The molecular weight excluding hydrogens is 725 g/mol. The number of Topliss-reactive ketones (excluding diaryl/α,β-unsaturated/α-hetero) is 1. The quantitative estimate of drug-likeness (QED) is 0.0848. The third kappa shape index (κ3) is 12.2. The fraction of sp³-hybridized carbons (Fsp3) is 0.820. The van der Waals surface area contributed by atoms with E-state index in [-0.39, 0.29) is 23.1 Å². The summed E-state index contributed by atoms with van der Waals surface area (Å²) in [6, 6.07) is 6.00. The summed E-state index contributed by atoms with van der Waals surface area (Å²) in [5.74, 6) is 5.46. The van der Waals surface area contributed by atoms with E-state index in [2.05, 4.69) is 45.3 Å². The number of amides is 2. The van der Waals surface area contributed by atoms with Crippen LogP contribution < -0.4 is 20.1 Å². The molecule has 0 aliphatic heterocycles. The number of unbranched alkanes of at least 4 members (excludes halogenated alkanes) is 8. The van der Waals surface area contributed by atoms with Crippen LogP contribution in [-0.2, 0) is 14.4 Å². The third-order valence-corrected chi connectivity index (χ3v) is 15.8. The van der Waals surface area contributed by atoms with Crippen LogP contribution in [0.15, 0.2) is 18.2 Å². The van der Waals surface area contributed by atoms with Crippen molar-refractivity contribution in [1.82, 2.24) is 10.6 Å². The Hall–Kier alpha value is -2.61. The Kier molecular flexibility index (Phi) is 18.3. The molecule has 3 N–H and O–H groups in total. The van der Waals surface area contributed by atoms with Gasteiger partial charge in [0.15, 0.2) is 0 Å². The lowest BCUT2D eigenvalue weighted by atomic mass is 9.44. The summed E-state index contributed by atoms with van der Waals surface area (Å²) in [6.07, 6.45) is 22.4. The van der Waals surface area contributed by atoms with Gasteiger partial charge in [-0.05, 0) is 160 Å². The van der Waals surface area contributed by atoms with Crippen LogP contribution in [0.3, 0.4) is 0 Å². The Morgan fingerprint density at radius 1 is 0.724 bits per heavy atom. The van der Waals surface area contributed by atoms with E-state index in [9.17, 15) is 19.5 Å². The number of aliphatic hydroxyl groups excluding tert-OH is 1. The largest absolute Gasteiger partial charge is 0.493 e.